The van der Waals surface area contributed by atoms with Crippen molar-refractivity contribution in [3.8, 4) is 6.07 Å². The Bertz CT molecular complexity index is 349. The molecular weight excluding hydrogens is 234 g/mol. The lowest BCUT2D eigenvalue weighted by atomic mass is 9.61. The molecule has 2 atom stereocenters. The molecule has 0 saturated heterocycles. The maximum absolute atomic E-state index is 11.1. The van der Waals surface area contributed by atoms with Crippen molar-refractivity contribution in [1.29, 1.82) is 5.26 Å². The van der Waals surface area contributed by atoms with Crippen molar-refractivity contribution >= 4 is 0 Å². The van der Waals surface area contributed by atoms with Crippen molar-refractivity contribution in [3.63, 3.8) is 0 Å². The SMILES string of the molecule is CCC1CCC(C#N)(C2(O)CCC(C(C)C)CC2)C1. The maximum Gasteiger partial charge on any atom is 0.0863 e. The zero-order valence-corrected chi connectivity index (χ0v) is 12.8. The molecule has 2 nitrogen and oxygen atoms in total. The summed E-state index contributed by atoms with van der Waals surface area (Å²) in [4.78, 5) is 0. The van der Waals surface area contributed by atoms with Crippen LogP contribution in [0.2, 0.25) is 0 Å². The van der Waals surface area contributed by atoms with E-state index >= 15 is 0 Å². The van der Waals surface area contributed by atoms with Gasteiger partial charge in [0.15, 0.2) is 0 Å². The molecule has 2 saturated carbocycles. The maximum atomic E-state index is 11.1. The lowest BCUT2D eigenvalue weighted by Crippen LogP contribution is -2.49. The third-order valence-electron chi connectivity index (χ3n) is 6.10. The second kappa shape index (κ2) is 5.44. The van der Waals surface area contributed by atoms with Crippen molar-refractivity contribution < 1.29 is 5.11 Å². The Morgan fingerprint density at radius 2 is 1.84 bits per heavy atom. The quantitative estimate of drug-likeness (QED) is 0.825. The predicted octanol–water partition coefficient (Wildman–Crippen LogP) is 4.28. The van der Waals surface area contributed by atoms with E-state index in [2.05, 4.69) is 26.8 Å². The first-order valence-electron chi connectivity index (χ1n) is 8.10. The van der Waals surface area contributed by atoms with Gasteiger partial charge in [-0.25, -0.2) is 0 Å². The Labute approximate surface area is 118 Å². The van der Waals surface area contributed by atoms with Gasteiger partial charge in [0, 0.05) is 0 Å². The molecule has 0 amide bonds. The van der Waals surface area contributed by atoms with Gasteiger partial charge in [-0.2, -0.15) is 5.26 Å². The minimum Gasteiger partial charge on any atom is -0.388 e. The van der Waals surface area contributed by atoms with Crippen molar-refractivity contribution in [2.75, 3.05) is 0 Å². The van der Waals surface area contributed by atoms with Gasteiger partial charge in [-0.15, -0.1) is 0 Å². The predicted molar refractivity (Wildman–Crippen MR) is 77.4 cm³/mol. The molecule has 0 aromatic rings. The zero-order chi connectivity index (χ0) is 14.1. The molecule has 2 unspecified atom stereocenters. The van der Waals surface area contributed by atoms with Gasteiger partial charge in [0.1, 0.15) is 0 Å². The Morgan fingerprint density at radius 3 is 2.26 bits per heavy atom. The topological polar surface area (TPSA) is 44.0 Å². The molecule has 2 heteroatoms. The molecule has 0 aliphatic heterocycles. The molecule has 0 aromatic carbocycles. The van der Waals surface area contributed by atoms with E-state index < -0.39 is 11.0 Å². The van der Waals surface area contributed by atoms with Gasteiger partial charge < -0.3 is 5.11 Å². The minimum absolute atomic E-state index is 0.449. The van der Waals surface area contributed by atoms with Gasteiger partial charge in [0.05, 0.1) is 17.1 Å². The molecule has 1 N–H and O–H groups in total. The molecule has 0 aromatic heterocycles. The van der Waals surface area contributed by atoms with Gasteiger partial charge >= 0.3 is 0 Å². The van der Waals surface area contributed by atoms with Crippen LogP contribution in [-0.4, -0.2) is 10.7 Å². The van der Waals surface area contributed by atoms with Gasteiger partial charge in [-0.05, 0) is 62.7 Å². The van der Waals surface area contributed by atoms with E-state index in [0.29, 0.717) is 11.8 Å². The van der Waals surface area contributed by atoms with E-state index in [1.165, 1.54) is 0 Å². The minimum atomic E-state index is -0.711. The molecule has 2 fully saturated rings. The molecule has 19 heavy (non-hydrogen) atoms. The fraction of sp³-hybridized carbons (Fsp3) is 0.941. The molecule has 2 aliphatic carbocycles. The van der Waals surface area contributed by atoms with Crippen LogP contribution in [0.3, 0.4) is 0 Å². The Kier molecular flexibility index (Phi) is 4.26. The number of aliphatic hydroxyl groups is 1. The molecule has 2 rings (SSSR count). The molecule has 0 spiro atoms. The highest BCUT2D eigenvalue weighted by molar-refractivity contribution is 5.15. The number of rotatable bonds is 3. The normalized spacial score (nSPS) is 43.4. The van der Waals surface area contributed by atoms with Crippen LogP contribution in [0.5, 0.6) is 0 Å². The van der Waals surface area contributed by atoms with Crippen molar-refractivity contribution in [2.24, 2.45) is 23.2 Å². The van der Waals surface area contributed by atoms with Crippen LogP contribution >= 0.6 is 0 Å². The van der Waals surface area contributed by atoms with E-state index in [1.54, 1.807) is 0 Å². The average Bonchev–Trinajstić information content (AvgIpc) is 2.84. The zero-order valence-electron chi connectivity index (χ0n) is 12.8. The molecular formula is C17H29NO. The summed E-state index contributed by atoms with van der Waals surface area (Å²) >= 11 is 0. The number of hydrogen-bond donors (Lipinski definition) is 1. The van der Waals surface area contributed by atoms with E-state index in [1.807, 2.05) is 0 Å². The summed E-state index contributed by atoms with van der Waals surface area (Å²) in [5, 5.41) is 20.8. The van der Waals surface area contributed by atoms with Gasteiger partial charge in [0.25, 0.3) is 0 Å². The van der Waals surface area contributed by atoms with Crippen molar-refractivity contribution in [3.05, 3.63) is 0 Å². The monoisotopic (exact) mass is 263 g/mol. The smallest absolute Gasteiger partial charge is 0.0863 e. The van der Waals surface area contributed by atoms with E-state index in [4.69, 9.17) is 0 Å². The highest BCUT2D eigenvalue weighted by Gasteiger charge is 2.55. The van der Waals surface area contributed by atoms with Crippen LogP contribution < -0.4 is 0 Å². The first kappa shape index (κ1) is 14.9. The number of nitriles is 1. The van der Waals surface area contributed by atoms with Gasteiger partial charge in [-0.1, -0.05) is 27.2 Å². The molecule has 0 heterocycles. The fourth-order valence-corrected chi connectivity index (χ4v) is 4.39. The van der Waals surface area contributed by atoms with Gasteiger partial charge in [-0.3, -0.25) is 0 Å². The third kappa shape index (κ3) is 2.55. The lowest BCUT2D eigenvalue weighted by molar-refractivity contribution is -0.0934. The van der Waals surface area contributed by atoms with Crippen LogP contribution in [0.25, 0.3) is 0 Å². The number of nitrogens with zero attached hydrogens (tertiary/aromatic N) is 1. The van der Waals surface area contributed by atoms with E-state index in [0.717, 1.165) is 57.3 Å². The van der Waals surface area contributed by atoms with Gasteiger partial charge in [0.2, 0.25) is 0 Å². The van der Waals surface area contributed by atoms with E-state index in [-0.39, 0.29) is 0 Å². The number of hydrogen-bond acceptors (Lipinski definition) is 2. The van der Waals surface area contributed by atoms with E-state index in [9.17, 15) is 10.4 Å². The summed E-state index contributed by atoms with van der Waals surface area (Å²) < 4.78 is 0. The largest absolute Gasteiger partial charge is 0.388 e. The van der Waals surface area contributed by atoms with Crippen LogP contribution in [0.4, 0.5) is 0 Å². The first-order chi connectivity index (χ1) is 8.96. The average molecular weight is 263 g/mol. The van der Waals surface area contributed by atoms with Crippen molar-refractivity contribution in [1.82, 2.24) is 0 Å². The van der Waals surface area contributed by atoms with Crippen LogP contribution in [0, 0.1) is 34.5 Å². The fourth-order valence-electron chi connectivity index (χ4n) is 4.39. The summed E-state index contributed by atoms with van der Waals surface area (Å²) in [5.41, 5.74) is -1.16. The van der Waals surface area contributed by atoms with Crippen LogP contribution in [0.15, 0.2) is 0 Å². The molecule has 108 valence electrons. The lowest BCUT2D eigenvalue weighted by Gasteiger charge is -2.46. The second-order valence-electron chi connectivity index (χ2n) is 7.32. The second-order valence-corrected chi connectivity index (χ2v) is 7.32. The summed E-state index contributed by atoms with van der Waals surface area (Å²) in [6.07, 6.45) is 7.95. The Hall–Kier alpha value is -0.550. The summed E-state index contributed by atoms with van der Waals surface area (Å²) in [5.74, 6) is 2.08. The Morgan fingerprint density at radius 1 is 1.21 bits per heavy atom. The van der Waals surface area contributed by atoms with Crippen LogP contribution in [-0.2, 0) is 0 Å². The Balaban J connectivity index is 2.10. The highest BCUT2D eigenvalue weighted by Crippen LogP contribution is 2.55. The molecule has 2 aliphatic rings. The molecule has 0 bridgehead atoms. The van der Waals surface area contributed by atoms with Crippen LogP contribution in [0.1, 0.15) is 72.1 Å². The standard InChI is InChI=1S/C17H29NO/c1-4-14-5-8-16(11-14,12-18)17(19)9-6-15(7-10-17)13(2)3/h13-15,19H,4-11H2,1-3H3. The summed E-state index contributed by atoms with van der Waals surface area (Å²) in [6.45, 7) is 6.76. The third-order valence-corrected chi connectivity index (χ3v) is 6.10. The summed E-state index contributed by atoms with van der Waals surface area (Å²) in [7, 11) is 0. The first-order valence-corrected chi connectivity index (χ1v) is 8.10. The van der Waals surface area contributed by atoms with Crippen molar-refractivity contribution in [2.45, 2.75) is 77.7 Å². The molecule has 0 radical (unpaired) electrons. The summed E-state index contributed by atoms with van der Waals surface area (Å²) in [6, 6.07) is 2.55. The highest BCUT2D eigenvalue weighted by atomic mass is 16.3.